The van der Waals surface area contributed by atoms with Crippen LogP contribution in [0.1, 0.15) is 90.4 Å². The number of ether oxygens (including phenoxy) is 1. The molecule has 2 atom stereocenters. The van der Waals surface area contributed by atoms with Gasteiger partial charge in [0.2, 0.25) is 0 Å². The molecule has 2 fully saturated rings. The number of aliphatic carboxylic acids is 1. The van der Waals surface area contributed by atoms with Crippen molar-refractivity contribution in [1.29, 1.82) is 0 Å². The molecule has 0 aromatic rings. The van der Waals surface area contributed by atoms with Crippen molar-refractivity contribution < 1.29 is 49.0 Å². The SMILES string of the molecule is CCCCCCC12CCC(=O)C1(CCCCCCC(=O)O)O2.[Na+]. The van der Waals surface area contributed by atoms with E-state index in [2.05, 4.69) is 6.92 Å². The molecule has 1 N–H and O–H groups in total. The fourth-order valence-corrected chi connectivity index (χ4v) is 4.03. The zero-order valence-electron chi connectivity index (χ0n) is 14.9. The minimum atomic E-state index is -0.721. The van der Waals surface area contributed by atoms with Crippen LogP contribution in [0.4, 0.5) is 0 Å². The first kappa shape index (κ1) is 21.1. The number of hydrogen-bond donors (Lipinski definition) is 1. The van der Waals surface area contributed by atoms with Gasteiger partial charge in [0.1, 0.15) is 5.60 Å². The molecule has 5 heteroatoms. The topological polar surface area (TPSA) is 66.9 Å². The number of unbranched alkanes of at least 4 members (excludes halogenated alkanes) is 6. The fourth-order valence-electron chi connectivity index (χ4n) is 4.03. The Morgan fingerprint density at radius 2 is 1.74 bits per heavy atom. The second kappa shape index (κ2) is 9.55. The van der Waals surface area contributed by atoms with Gasteiger partial charge < -0.3 is 9.84 Å². The number of hydrogen-bond acceptors (Lipinski definition) is 3. The molecule has 0 bridgehead atoms. The van der Waals surface area contributed by atoms with Crippen LogP contribution in [-0.4, -0.2) is 28.1 Å². The van der Waals surface area contributed by atoms with Crippen molar-refractivity contribution in [3.63, 3.8) is 0 Å². The van der Waals surface area contributed by atoms with E-state index in [0.29, 0.717) is 12.2 Å². The van der Waals surface area contributed by atoms with Crippen LogP contribution in [0.15, 0.2) is 0 Å². The third-order valence-electron chi connectivity index (χ3n) is 5.37. The first-order valence-electron chi connectivity index (χ1n) is 9.01. The molecule has 1 heterocycles. The van der Waals surface area contributed by atoms with Crippen molar-refractivity contribution in [1.82, 2.24) is 0 Å². The molecule has 0 aromatic heterocycles. The summed E-state index contributed by atoms with van der Waals surface area (Å²) in [6.45, 7) is 2.21. The molecule has 1 saturated carbocycles. The second-order valence-electron chi connectivity index (χ2n) is 6.97. The van der Waals surface area contributed by atoms with Gasteiger partial charge in [0, 0.05) is 12.8 Å². The van der Waals surface area contributed by atoms with Gasteiger partial charge in [-0.2, -0.15) is 0 Å². The summed E-state index contributed by atoms with van der Waals surface area (Å²) in [5.74, 6) is -0.408. The third kappa shape index (κ3) is 5.04. The van der Waals surface area contributed by atoms with Crippen LogP contribution < -0.4 is 29.6 Å². The Morgan fingerprint density at radius 3 is 2.43 bits per heavy atom. The molecule has 2 rings (SSSR count). The van der Waals surface area contributed by atoms with E-state index in [1.165, 1.54) is 25.7 Å². The van der Waals surface area contributed by atoms with Crippen LogP contribution in [0.3, 0.4) is 0 Å². The van der Waals surface area contributed by atoms with Gasteiger partial charge in [-0.05, 0) is 32.1 Å². The van der Waals surface area contributed by atoms with E-state index in [0.717, 1.165) is 44.9 Å². The summed E-state index contributed by atoms with van der Waals surface area (Å²) in [6, 6.07) is 0. The van der Waals surface area contributed by atoms with Gasteiger partial charge >= 0.3 is 35.5 Å². The average molecular weight is 333 g/mol. The first-order chi connectivity index (χ1) is 10.6. The number of fused-ring (bicyclic) bond motifs is 1. The van der Waals surface area contributed by atoms with Crippen LogP contribution in [0.25, 0.3) is 0 Å². The largest absolute Gasteiger partial charge is 1.00 e. The normalized spacial score (nSPS) is 28.3. The monoisotopic (exact) mass is 333 g/mol. The molecule has 1 aliphatic heterocycles. The Labute approximate surface area is 162 Å². The number of ketones is 1. The van der Waals surface area contributed by atoms with E-state index in [1.54, 1.807) is 0 Å². The fraction of sp³-hybridized carbons (Fsp3) is 0.889. The second-order valence-corrected chi connectivity index (χ2v) is 6.97. The standard InChI is InChI=1S/C18H30O4.Na/c1-2-3-4-8-12-17-14-11-15(19)18(17,22-17)13-9-6-5-7-10-16(20)21;/h2-14H2,1H3,(H,20,21);/q;+1. The van der Waals surface area contributed by atoms with E-state index >= 15 is 0 Å². The molecule has 126 valence electrons. The molecular weight excluding hydrogens is 303 g/mol. The number of Topliss-reactive ketones (excluding diaryl/α,β-unsaturated/α-hetero) is 1. The van der Waals surface area contributed by atoms with Gasteiger partial charge in [-0.1, -0.05) is 45.4 Å². The summed E-state index contributed by atoms with van der Waals surface area (Å²) >= 11 is 0. The zero-order valence-corrected chi connectivity index (χ0v) is 16.9. The summed E-state index contributed by atoms with van der Waals surface area (Å²) in [6.07, 6.45) is 12.3. The van der Waals surface area contributed by atoms with Gasteiger partial charge in [-0.25, -0.2) is 0 Å². The number of carbonyl (C=O) groups is 2. The molecule has 0 radical (unpaired) electrons. The number of carbonyl (C=O) groups excluding carboxylic acids is 1. The Hall–Kier alpha value is 0.1000. The molecular formula is C18H30NaO4+. The van der Waals surface area contributed by atoms with Crippen molar-refractivity contribution >= 4 is 11.8 Å². The van der Waals surface area contributed by atoms with Crippen molar-refractivity contribution in [2.45, 2.75) is 102 Å². The summed E-state index contributed by atoms with van der Waals surface area (Å²) in [7, 11) is 0. The van der Waals surface area contributed by atoms with E-state index in [1.807, 2.05) is 0 Å². The maximum atomic E-state index is 12.2. The average Bonchev–Trinajstić information content (AvgIpc) is 3.06. The molecule has 1 aliphatic carbocycles. The predicted octanol–water partition coefficient (Wildman–Crippen LogP) is 1.26. The van der Waals surface area contributed by atoms with Gasteiger partial charge in [-0.15, -0.1) is 0 Å². The quantitative estimate of drug-likeness (QED) is 0.332. The zero-order chi connectivity index (χ0) is 16.1. The molecule has 23 heavy (non-hydrogen) atoms. The van der Waals surface area contributed by atoms with E-state index in [4.69, 9.17) is 9.84 Å². The third-order valence-corrected chi connectivity index (χ3v) is 5.37. The van der Waals surface area contributed by atoms with Crippen molar-refractivity contribution in [2.75, 3.05) is 0 Å². The molecule has 0 spiro atoms. The maximum absolute atomic E-state index is 12.2. The summed E-state index contributed by atoms with van der Waals surface area (Å²) in [5, 5.41) is 8.61. The van der Waals surface area contributed by atoms with Gasteiger partial charge in [-0.3, -0.25) is 9.59 Å². The Bertz CT molecular complexity index is 412. The molecule has 4 nitrogen and oxygen atoms in total. The van der Waals surface area contributed by atoms with Crippen molar-refractivity contribution in [3.05, 3.63) is 0 Å². The van der Waals surface area contributed by atoms with Crippen LogP contribution in [0.2, 0.25) is 0 Å². The first-order valence-corrected chi connectivity index (χ1v) is 9.01. The smallest absolute Gasteiger partial charge is 0.481 e. The molecule has 0 amide bonds. The van der Waals surface area contributed by atoms with Gasteiger partial charge in [0.15, 0.2) is 11.4 Å². The number of epoxide rings is 1. The van der Waals surface area contributed by atoms with Crippen LogP contribution in [-0.2, 0) is 14.3 Å². The van der Waals surface area contributed by atoms with Crippen LogP contribution in [0.5, 0.6) is 0 Å². The number of carboxylic acids is 1. The van der Waals surface area contributed by atoms with Gasteiger partial charge in [0.05, 0.1) is 0 Å². The van der Waals surface area contributed by atoms with Crippen LogP contribution >= 0.6 is 0 Å². The predicted molar refractivity (Wildman–Crippen MR) is 84.9 cm³/mol. The molecule has 0 aromatic carbocycles. The van der Waals surface area contributed by atoms with Crippen LogP contribution in [0, 0.1) is 0 Å². The van der Waals surface area contributed by atoms with E-state index < -0.39 is 11.6 Å². The molecule has 2 unspecified atom stereocenters. The van der Waals surface area contributed by atoms with Crippen molar-refractivity contribution in [3.8, 4) is 0 Å². The maximum Gasteiger partial charge on any atom is 1.00 e. The Morgan fingerprint density at radius 1 is 1.09 bits per heavy atom. The Kier molecular flexibility index (Phi) is 8.78. The van der Waals surface area contributed by atoms with E-state index in [9.17, 15) is 9.59 Å². The number of rotatable bonds is 12. The number of carboxylic acid groups (broad SMARTS) is 1. The summed E-state index contributed by atoms with van der Waals surface area (Å²) < 4.78 is 6.02. The molecule has 1 saturated heterocycles. The summed E-state index contributed by atoms with van der Waals surface area (Å²) in [4.78, 5) is 22.7. The van der Waals surface area contributed by atoms with Gasteiger partial charge in [0.25, 0.3) is 0 Å². The minimum Gasteiger partial charge on any atom is -0.481 e. The Balaban J connectivity index is 0.00000264. The van der Waals surface area contributed by atoms with E-state index in [-0.39, 0.29) is 41.6 Å². The van der Waals surface area contributed by atoms with Crippen molar-refractivity contribution in [2.24, 2.45) is 0 Å². The minimum absolute atomic E-state index is 0. The summed E-state index contributed by atoms with van der Waals surface area (Å²) in [5.41, 5.74) is -0.578. The molecule has 2 aliphatic rings.